The molecule has 1 unspecified atom stereocenters. The van der Waals surface area contributed by atoms with Gasteiger partial charge < -0.3 is 14.8 Å². The number of esters is 1. The van der Waals surface area contributed by atoms with Gasteiger partial charge in [-0.3, -0.25) is 4.79 Å². The number of rotatable bonds is 2. The van der Waals surface area contributed by atoms with Crippen molar-refractivity contribution in [2.45, 2.75) is 18.9 Å². The minimum atomic E-state index is -0.105. The SMILES string of the molecule is CCOC(=O)C1COC2(CNC2)C1. The van der Waals surface area contributed by atoms with Crippen LogP contribution < -0.4 is 5.32 Å². The summed E-state index contributed by atoms with van der Waals surface area (Å²) in [7, 11) is 0. The van der Waals surface area contributed by atoms with Crippen LogP contribution in [0, 0.1) is 5.92 Å². The average Bonchev–Trinajstić information content (AvgIpc) is 2.47. The minimum absolute atomic E-state index is 0.0398. The van der Waals surface area contributed by atoms with E-state index in [0.29, 0.717) is 13.2 Å². The topological polar surface area (TPSA) is 47.6 Å². The summed E-state index contributed by atoms with van der Waals surface area (Å²) >= 11 is 0. The lowest BCUT2D eigenvalue weighted by Gasteiger charge is -2.38. The summed E-state index contributed by atoms with van der Waals surface area (Å²) in [5, 5.41) is 3.16. The molecule has 0 radical (unpaired) electrons. The van der Waals surface area contributed by atoms with Crippen molar-refractivity contribution in [1.82, 2.24) is 5.32 Å². The molecule has 0 aromatic rings. The second-order valence-corrected chi connectivity index (χ2v) is 3.75. The normalized spacial score (nSPS) is 30.1. The first kappa shape index (κ1) is 8.97. The first-order valence-electron chi connectivity index (χ1n) is 4.77. The molecule has 2 rings (SSSR count). The zero-order valence-corrected chi connectivity index (χ0v) is 7.84. The molecule has 0 aromatic heterocycles. The maximum Gasteiger partial charge on any atom is 0.311 e. The molecule has 2 fully saturated rings. The van der Waals surface area contributed by atoms with Gasteiger partial charge in [0.25, 0.3) is 0 Å². The highest BCUT2D eigenvalue weighted by atomic mass is 16.5. The van der Waals surface area contributed by atoms with E-state index in [4.69, 9.17) is 9.47 Å². The van der Waals surface area contributed by atoms with Gasteiger partial charge in [0.2, 0.25) is 0 Å². The molecule has 2 aliphatic heterocycles. The molecular weight excluding hydrogens is 170 g/mol. The highest BCUT2D eigenvalue weighted by Gasteiger charge is 2.47. The first-order valence-corrected chi connectivity index (χ1v) is 4.77. The number of hydrogen-bond acceptors (Lipinski definition) is 4. The van der Waals surface area contributed by atoms with Gasteiger partial charge in [0.05, 0.1) is 24.7 Å². The lowest BCUT2D eigenvalue weighted by Crippen LogP contribution is -2.59. The maximum atomic E-state index is 11.4. The van der Waals surface area contributed by atoms with E-state index in [2.05, 4.69) is 5.32 Å². The van der Waals surface area contributed by atoms with E-state index in [1.807, 2.05) is 6.92 Å². The molecular formula is C9H15NO3. The van der Waals surface area contributed by atoms with Gasteiger partial charge in [0.15, 0.2) is 0 Å². The first-order chi connectivity index (χ1) is 6.26. The van der Waals surface area contributed by atoms with Crippen LogP contribution in [0.15, 0.2) is 0 Å². The summed E-state index contributed by atoms with van der Waals surface area (Å²) in [6.45, 7) is 4.57. The van der Waals surface area contributed by atoms with E-state index in [-0.39, 0.29) is 17.5 Å². The van der Waals surface area contributed by atoms with Crippen molar-refractivity contribution in [3.63, 3.8) is 0 Å². The van der Waals surface area contributed by atoms with Crippen LogP contribution in [-0.2, 0) is 14.3 Å². The van der Waals surface area contributed by atoms with Crippen molar-refractivity contribution < 1.29 is 14.3 Å². The Morgan fingerprint density at radius 2 is 2.46 bits per heavy atom. The number of carbonyl (C=O) groups is 1. The number of carbonyl (C=O) groups excluding carboxylic acids is 1. The van der Waals surface area contributed by atoms with E-state index in [1.54, 1.807) is 0 Å². The highest BCUT2D eigenvalue weighted by Crippen LogP contribution is 2.33. The molecule has 13 heavy (non-hydrogen) atoms. The van der Waals surface area contributed by atoms with Gasteiger partial charge >= 0.3 is 5.97 Å². The van der Waals surface area contributed by atoms with Gasteiger partial charge in [-0.15, -0.1) is 0 Å². The monoisotopic (exact) mass is 185 g/mol. The van der Waals surface area contributed by atoms with Gasteiger partial charge in [-0.25, -0.2) is 0 Å². The molecule has 0 amide bonds. The molecule has 2 saturated heterocycles. The quantitative estimate of drug-likeness (QED) is 0.612. The van der Waals surface area contributed by atoms with Gasteiger partial charge in [-0.1, -0.05) is 0 Å². The van der Waals surface area contributed by atoms with Crippen molar-refractivity contribution >= 4 is 5.97 Å². The Labute approximate surface area is 77.6 Å². The van der Waals surface area contributed by atoms with Crippen LogP contribution in [-0.4, -0.2) is 37.9 Å². The summed E-state index contributed by atoms with van der Waals surface area (Å²) in [4.78, 5) is 11.4. The third-order valence-corrected chi connectivity index (χ3v) is 2.72. The van der Waals surface area contributed by atoms with E-state index in [0.717, 1.165) is 19.5 Å². The Bertz CT molecular complexity index is 213. The Morgan fingerprint density at radius 3 is 2.92 bits per heavy atom. The standard InChI is InChI=1S/C9H15NO3/c1-2-12-8(11)7-3-9(13-4-7)5-10-6-9/h7,10H,2-6H2,1H3. The van der Waals surface area contributed by atoms with Gasteiger partial charge in [-0.05, 0) is 13.3 Å². The molecule has 0 saturated carbocycles. The second-order valence-electron chi connectivity index (χ2n) is 3.75. The molecule has 2 aliphatic rings. The minimum Gasteiger partial charge on any atom is -0.466 e. The fourth-order valence-electron chi connectivity index (χ4n) is 1.91. The second kappa shape index (κ2) is 3.27. The lowest BCUT2D eigenvalue weighted by atomic mass is 9.89. The molecule has 1 N–H and O–H groups in total. The molecule has 1 spiro atoms. The maximum absolute atomic E-state index is 11.4. The molecule has 0 bridgehead atoms. The molecule has 1 atom stereocenters. The number of ether oxygens (including phenoxy) is 2. The fourth-order valence-corrected chi connectivity index (χ4v) is 1.91. The van der Waals surface area contributed by atoms with Crippen LogP contribution in [0.4, 0.5) is 0 Å². The Morgan fingerprint density at radius 1 is 1.69 bits per heavy atom. The Hall–Kier alpha value is -0.610. The Kier molecular flexibility index (Phi) is 2.26. The third kappa shape index (κ3) is 1.56. The van der Waals surface area contributed by atoms with Gasteiger partial charge in [-0.2, -0.15) is 0 Å². The number of nitrogens with one attached hydrogen (secondary N) is 1. The zero-order valence-electron chi connectivity index (χ0n) is 7.84. The summed E-state index contributed by atoms with van der Waals surface area (Å²) in [6, 6.07) is 0. The highest BCUT2D eigenvalue weighted by molar-refractivity contribution is 5.73. The van der Waals surface area contributed by atoms with Crippen LogP contribution in [0.3, 0.4) is 0 Å². The van der Waals surface area contributed by atoms with Crippen LogP contribution in [0.25, 0.3) is 0 Å². The Balaban J connectivity index is 1.87. The summed E-state index contributed by atoms with van der Waals surface area (Å²) in [5.74, 6) is -0.145. The van der Waals surface area contributed by atoms with Crippen LogP contribution >= 0.6 is 0 Å². The van der Waals surface area contributed by atoms with Crippen LogP contribution in [0.2, 0.25) is 0 Å². The van der Waals surface area contributed by atoms with E-state index < -0.39 is 0 Å². The zero-order chi connectivity index (χ0) is 9.31. The van der Waals surface area contributed by atoms with E-state index in [9.17, 15) is 4.79 Å². The number of hydrogen-bond donors (Lipinski definition) is 1. The molecule has 0 aliphatic carbocycles. The summed E-state index contributed by atoms with van der Waals surface area (Å²) in [5.41, 5.74) is -0.0442. The van der Waals surface area contributed by atoms with Crippen molar-refractivity contribution in [2.75, 3.05) is 26.3 Å². The van der Waals surface area contributed by atoms with Crippen molar-refractivity contribution in [3.8, 4) is 0 Å². The van der Waals surface area contributed by atoms with Gasteiger partial charge in [0, 0.05) is 13.1 Å². The predicted octanol–water partition coefficient (Wildman–Crippen LogP) is -0.0720. The van der Waals surface area contributed by atoms with Crippen LogP contribution in [0.5, 0.6) is 0 Å². The molecule has 74 valence electrons. The predicted molar refractivity (Wildman–Crippen MR) is 46.3 cm³/mol. The molecule has 2 heterocycles. The van der Waals surface area contributed by atoms with Gasteiger partial charge in [0.1, 0.15) is 0 Å². The van der Waals surface area contributed by atoms with Crippen molar-refractivity contribution in [2.24, 2.45) is 5.92 Å². The van der Waals surface area contributed by atoms with Crippen molar-refractivity contribution in [3.05, 3.63) is 0 Å². The molecule has 4 heteroatoms. The largest absolute Gasteiger partial charge is 0.466 e. The smallest absolute Gasteiger partial charge is 0.311 e. The summed E-state index contributed by atoms with van der Waals surface area (Å²) in [6.07, 6.45) is 0.818. The molecule has 0 aromatic carbocycles. The van der Waals surface area contributed by atoms with Crippen molar-refractivity contribution in [1.29, 1.82) is 0 Å². The lowest BCUT2D eigenvalue weighted by molar-refractivity contribution is -0.147. The van der Waals surface area contributed by atoms with Crippen LogP contribution in [0.1, 0.15) is 13.3 Å². The third-order valence-electron chi connectivity index (χ3n) is 2.72. The fraction of sp³-hybridized carbons (Fsp3) is 0.889. The van der Waals surface area contributed by atoms with E-state index in [1.165, 1.54) is 0 Å². The average molecular weight is 185 g/mol. The molecule has 4 nitrogen and oxygen atoms in total. The summed E-state index contributed by atoms with van der Waals surface area (Å²) < 4.78 is 10.5. The van der Waals surface area contributed by atoms with E-state index >= 15 is 0 Å².